The van der Waals surface area contributed by atoms with Gasteiger partial charge in [-0.3, -0.25) is 9.58 Å². The number of likely N-dealkylation sites (N-methyl/N-ethyl adjacent to an activating group) is 1. The largest absolute Gasteiger partial charge is 0.313 e. The van der Waals surface area contributed by atoms with Crippen molar-refractivity contribution in [2.24, 2.45) is 0 Å². The smallest absolute Gasteiger partial charge is 0.0536 e. The number of nitrogens with one attached hydrogen (secondary N) is 1. The molecule has 1 saturated heterocycles. The van der Waals surface area contributed by atoms with Crippen molar-refractivity contribution < 1.29 is 0 Å². The molecule has 1 aromatic rings. The van der Waals surface area contributed by atoms with Gasteiger partial charge in [0.15, 0.2) is 0 Å². The Morgan fingerprint density at radius 1 is 1.47 bits per heavy atom. The van der Waals surface area contributed by atoms with Gasteiger partial charge in [-0.25, -0.2) is 0 Å². The van der Waals surface area contributed by atoms with Gasteiger partial charge < -0.3 is 5.32 Å². The summed E-state index contributed by atoms with van der Waals surface area (Å²) in [4.78, 5) is 2.55. The van der Waals surface area contributed by atoms with Crippen LogP contribution in [0.3, 0.4) is 0 Å². The maximum absolute atomic E-state index is 4.33. The second kappa shape index (κ2) is 6.17. The van der Waals surface area contributed by atoms with Gasteiger partial charge in [0.1, 0.15) is 0 Å². The van der Waals surface area contributed by atoms with E-state index in [0.717, 1.165) is 19.6 Å². The van der Waals surface area contributed by atoms with Crippen LogP contribution in [0.1, 0.15) is 25.3 Å². The molecule has 1 atom stereocenters. The molecule has 0 saturated carbocycles. The Kier molecular flexibility index (Phi) is 4.57. The Labute approximate surface area is 104 Å². The lowest BCUT2D eigenvalue weighted by Gasteiger charge is -2.33. The van der Waals surface area contributed by atoms with Crippen molar-refractivity contribution in [3.8, 4) is 0 Å². The lowest BCUT2D eigenvalue weighted by molar-refractivity contribution is 0.184. The molecule has 17 heavy (non-hydrogen) atoms. The highest BCUT2D eigenvalue weighted by atomic mass is 15.3. The lowest BCUT2D eigenvalue weighted by Crippen LogP contribution is -2.46. The number of likely N-dealkylation sites (tertiary alicyclic amines) is 1. The van der Waals surface area contributed by atoms with Crippen LogP contribution in [0.15, 0.2) is 12.4 Å². The second-order valence-electron chi connectivity index (χ2n) is 4.98. The summed E-state index contributed by atoms with van der Waals surface area (Å²) in [5.41, 5.74) is 1.24. The van der Waals surface area contributed by atoms with Gasteiger partial charge in [-0.15, -0.1) is 0 Å². The summed E-state index contributed by atoms with van der Waals surface area (Å²) >= 11 is 0. The Morgan fingerprint density at radius 3 is 3.06 bits per heavy atom. The SMILES string of the molecule is CCNC1CCCN(CCn2cc(C)cn2)C1. The van der Waals surface area contributed by atoms with Crippen molar-refractivity contribution in [3.05, 3.63) is 18.0 Å². The Hall–Kier alpha value is -0.870. The third-order valence-corrected chi connectivity index (χ3v) is 3.41. The highest BCUT2D eigenvalue weighted by Crippen LogP contribution is 2.09. The number of aromatic nitrogens is 2. The molecule has 1 aliphatic rings. The van der Waals surface area contributed by atoms with E-state index in [0.29, 0.717) is 6.04 Å². The summed E-state index contributed by atoms with van der Waals surface area (Å²) in [6, 6.07) is 0.688. The number of hydrogen-bond donors (Lipinski definition) is 1. The van der Waals surface area contributed by atoms with Gasteiger partial charge in [0.2, 0.25) is 0 Å². The van der Waals surface area contributed by atoms with E-state index in [9.17, 15) is 0 Å². The van der Waals surface area contributed by atoms with E-state index in [1.807, 2.05) is 10.9 Å². The minimum Gasteiger partial charge on any atom is -0.313 e. The van der Waals surface area contributed by atoms with Crippen LogP contribution in [0.25, 0.3) is 0 Å². The zero-order valence-electron chi connectivity index (χ0n) is 11.0. The average molecular weight is 236 g/mol. The molecule has 96 valence electrons. The van der Waals surface area contributed by atoms with Gasteiger partial charge in [-0.1, -0.05) is 6.92 Å². The standard InChI is InChI=1S/C13H24N4/c1-3-14-13-5-4-6-16(11-13)7-8-17-10-12(2)9-15-17/h9-10,13-14H,3-8,11H2,1-2H3. The maximum atomic E-state index is 4.33. The van der Waals surface area contributed by atoms with E-state index in [-0.39, 0.29) is 0 Å². The van der Waals surface area contributed by atoms with Gasteiger partial charge in [-0.05, 0) is 38.4 Å². The van der Waals surface area contributed by atoms with E-state index in [4.69, 9.17) is 0 Å². The van der Waals surface area contributed by atoms with Crippen molar-refractivity contribution in [1.29, 1.82) is 0 Å². The van der Waals surface area contributed by atoms with Crippen LogP contribution < -0.4 is 5.32 Å². The van der Waals surface area contributed by atoms with Crippen LogP contribution in [0.5, 0.6) is 0 Å². The van der Waals surface area contributed by atoms with Crippen LogP contribution in [-0.4, -0.2) is 46.9 Å². The number of piperidine rings is 1. The Bertz CT molecular complexity index is 332. The summed E-state index contributed by atoms with van der Waals surface area (Å²) < 4.78 is 2.05. The third-order valence-electron chi connectivity index (χ3n) is 3.41. The van der Waals surface area contributed by atoms with E-state index < -0.39 is 0 Å². The topological polar surface area (TPSA) is 33.1 Å². The van der Waals surface area contributed by atoms with Gasteiger partial charge >= 0.3 is 0 Å². The molecule has 0 amide bonds. The molecule has 1 N–H and O–H groups in total. The summed E-state index contributed by atoms with van der Waals surface area (Å²) in [6.45, 7) is 9.90. The van der Waals surface area contributed by atoms with E-state index in [2.05, 4.69) is 35.4 Å². The normalized spacial score (nSPS) is 21.9. The molecule has 4 nitrogen and oxygen atoms in total. The maximum Gasteiger partial charge on any atom is 0.0536 e. The van der Waals surface area contributed by atoms with Crippen molar-refractivity contribution in [1.82, 2.24) is 20.0 Å². The van der Waals surface area contributed by atoms with Crippen LogP contribution in [0, 0.1) is 6.92 Å². The summed E-state index contributed by atoms with van der Waals surface area (Å²) in [7, 11) is 0. The molecule has 2 heterocycles. The molecule has 0 spiro atoms. The Morgan fingerprint density at radius 2 is 2.35 bits per heavy atom. The zero-order chi connectivity index (χ0) is 12.1. The van der Waals surface area contributed by atoms with Crippen molar-refractivity contribution >= 4 is 0 Å². The highest BCUT2D eigenvalue weighted by molar-refractivity contribution is 4.99. The molecule has 0 radical (unpaired) electrons. The fraction of sp³-hybridized carbons (Fsp3) is 0.769. The zero-order valence-corrected chi connectivity index (χ0v) is 11.0. The molecule has 0 aromatic carbocycles. The fourth-order valence-electron chi connectivity index (χ4n) is 2.55. The molecule has 1 aliphatic heterocycles. The monoisotopic (exact) mass is 236 g/mol. The molecular formula is C13H24N4. The summed E-state index contributed by atoms with van der Waals surface area (Å²) in [5, 5.41) is 7.88. The second-order valence-corrected chi connectivity index (χ2v) is 4.98. The van der Waals surface area contributed by atoms with Gasteiger partial charge in [0, 0.05) is 25.3 Å². The first-order valence-corrected chi connectivity index (χ1v) is 6.72. The molecule has 0 bridgehead atoms. The summed E-state index contributed by atoms with van der Waals surface area (Å²) in [5.74, 6) is 0. The predicted molar refractivity (Wildman–Crippen MR) is 70.1 cm³/mol. The molecule has 1 fully saturated rings. The van der Waals surface area contributed by atoms with E-state index >= 15 is 0 Å². The van der Waals surface area contributed by atoms with E-state index in [1.165, 1.54) is 31.5 Å². The molecule has 1 unspecified atom stereocenters. The van der Waals surface area contributed by atoms with Crippen LogP contribution in [0.2, 0.25) is 0 Å². The minimum absolute atomic E-state index is 0.688. The number of nitrogens with zero attached hydrogens (tertiary/aromatic N) is 3. The van der Waals surface area contributed by atoms with Crippen molar-refractivity contribution in [2.45, 2.75) is 39.3 Å². The first kappa shape index (κ1) is 12.6. The first-order chi connectivity index (χ1) is 8.28. The predicted octanol–water partition coefficient (Wildman–Crippen LogP) is 1.27. The van der Waals surface area contributed by atoms with Gasteiger partial charge in [-0.2, -0.15) is 5.10 Å². The molecular weight excluding hydrogens is 212 g/mol. The summed E-state index contributed by atoms with van der Waals surface area (Å²) in [6.07, 6.45) is 6.68. The quantitative estimate of drug-likeness (QED) is 0.835. The number of rotatable bonds is 5. The van der Waals surface area contributed by atoms with Crippen LogP contribution in [-0.2, 0) is 6.54 Å². The molecule has 1 aromatic heterocycles. The Balaban J connectivity index is 1.75. The van der Waals surface area contributed by atoms with Crippen molar-refractivity contribution in [3.63, 3.8) is 0 Å². The lowest BCUT2D eigenvalue weighted by atomic mass is 10.1. The highest BCUT2D eigenvalue weighted by Gasteiger charge is 2.18. The molecule has 4 heteroatoms. The first-order valence-electron chi connectivity index (χ1n) is 6.72. The van der Waals surface area contributed by atoms with Crippen LogP contribution in [0.4, 0.5) is 0 Å². The fourth-order valence-corrected chi connectivity index (χ4v) is 2.55. The van der Waals surface area contributed by atoms with Crippen molar-refractivity contribution in [2.75, 3.05) is 26.2 Å². The third kappa shape index (κ3) is 3.82. The molecule has 2 rings (SSSR count). The van der Waals surface area contributed by atoms with Crippen LogP contribution >= 0.6 is 0 Å². The minimum atomic E-state index is 0.688. The number of aryl methyl sites for hydroxylation is 1. The average Bonchev–Trinajstić information content (AvgIpc) is 2.74. The van der Waals surface area contributed by atoms with E-state index in [1.54, 1.807) is 0 Å². The molecule has 0 aliphatic carbocycles. The number of hydrogen-bond acceptors (Lipinski definition) is 3. The van der Waals surface area contributed by atoms with Gasteiger partial charge in [0.25, 0.3) is 0 Å². The van der Waals surface area contributed by atoms with Gasteiger partial charge in [0.05, 0.1) is 12.7 Å².